The smallest absolute Gasteiger partial charge is 0.00258 e. The molecule has 0 bridgehead atoms. The third-order valence-electron chi connectivity index (χ3n) is 12.6. The largest absolute Gasteiger partial charge is 0.0919 e. The van der Waals surface area contributed by atoms with E-state index in [-0.39, 0.29) is 0 Å². The van der Waals surface area contributed by atoms with E-state index in [4.69, 9.17) is 0 Å². The lowest BCUT2D eigenvalue weighted by atomic mass is 9.80. The van der Waals surface area contributed by atoms with Crippen molar-refractivity contribution < 1.29 is 0 Å². The minimum atomic E-state index is 0.856. The molecule has 0 radical (unpaired) electrons. The van der Waals surface area contributed by atoms with Crippen LogP contribution in [0.3, 0.4) is 0 Å². The lowest BCUT2D eigenvalue weighted by Crippen LogP contribution is -2.14. The molecule has 0 aromatic heterocycles. The van der Waals surface area contributed by atoms with E-state index in [9.17, 15) is 0 Å². The van der Waals surface area contributed by atoms with Gasteiger partial charge in [-0.1, -0.05) is 284 Å². The van der Waals surface area contributed by atoms with Crippen molar-refractivity contribution in [1.82, 2.24) is 0 Å². The van der Waals surface area contributed by atoms with Gasteiger partial charge >= 0.3 is 0 Å². The van der Waals surface area contributed by atoms with Gasteiger partial charge in [-0.25, -0.2) is 0 Å². The average Bonchev–Trinajstić information content (AvgIpc) is 3.43. The Morgan fingerprint density at radius 2 is 0.765 bits per heavy atom. The van der Waals surface area contributed by atoms with Crippen LogP contribution in [0.1, 0.15) is 236 Å². The van der Waals surface area contributed by atoms with Crippen LogP contribution in [0, 0.1) is 32.6 Å². The van der Waals surface area contributed by atoms with Crippen LogP contribution in [0.15, 0.2) is 146 Å². The minimum absolute atomic E-state index is 0.856. The summed E-state index contributed by atoms with van der Waals surface area (Å²) >= 11 is 0. The second-order valence-corrected chi connectivity index (χ2v) is 17.6. The quantitative estimate of drug-likeness (QED) is 0.149. The van der Waals surface area contributed by atoms with Crippen molar-refractivity contribution in [1.29, 1.82) is 0 Å². The predicted molar refractivity (Wildman–Crippen MR) is 313 cm³/mol. The summed E-state index contributed by atoms with van der Waals surface area (Å²) in [5.41, 5.74) is 11.6. The van der Waals surface area contributed by atoms with Crippen LogP contribution < -0.4 is 0 Å². The van der Waals surface area contributed by atoms with E-state index < -0.39 is 0 Å². The maximum atomic E-state index is 2.39. The first-order chi connectivity index (χ1) is 33.3. The summed E-state index contributed by atoms with van der Waals surface area (Å²) in [5, 5.41) is 0. The Hall–Kier alpha value is -4.16. The second-order valence-electron chi connectivity index (χ2n) is 17.6. The van der Waals surface area contributed by atoms with E-state index in [1.165, 1.54) is 130 Å². The molecule has 5 aromatic rings. The zero-order chi connectivity index (χ0) is 51.2. The molecule has 8 rings (SSSR count). The molecule has 0 aliphatic heterocycles. The van der Waals surface area contributed by atoms with Gasteiger partial charge in [0.2, 0.25) is 0 Å². The average molecular weight is 926 g/mol. The van der Waals surface area contributed by atoms with Crippen LogP contribution in [0.25, 0.3) is 0 Å². The number of rotatable bonds is 6. The SMILES string of the molecule is C/C=C\C.CC.CC.CC.CC.CC.CC1CCC(Cc2ccccc2)CC1.Cc1ccc(C2CCCCC2)cc1.Cc1ccc(Cc2ccccc2)cc1.Cc1ccccc1C1CCCCC1. The molecule has 0 spiro atoms. The monoisotopic (exact) mass is 925 g/mol. The van der Waals surface area contributed by atoms with E-state index in [0.717, 1.165) is 30.1 Å². The molecule has 3 aliphatic carbocycles. The Labute approximate surface area is 425 Å². The molecular formula is C68H108. The van der Waals surface area contributed by atoms with Crippen LogP contribution in [0.5, 0.6) is 0 Å². The summed E-state index contributed by atoms with van der Waals surface area (Å²) in [5.74, 6) is 3.64. The highest BCUT2D eigenvalue weighted by Gasteiger charge is 2.18. The topological polar surface area (TPSA) is 0 Å². The first kappa shape index (κ1) is 65.9. The molecule has 0 amide bonds. The number of hydrogen-bond acceptors (Lipinski definition) is 0. The van der Waals surface area contributed by atoms with Gasteiger partial charge in [0.1, 0.15) is 0 Å². The molecule has 0 nitrogen and oxygen atoms in total. The molecule has 0 heterocycles. The molecule has 3 fully saturated rings. The van der Waals surface area contributed by atoms with Gasteiger partial charge in [-0.3, -0.25) is 0 Å². The fourth-order valence-electron chi connectivity index (χ4n) is 8.75. The van der Waals surface area contributed by atoms with E-state index in [0.29, 0.717) is 0 Å². The summed E-state index contributed by atoms with van der Waals surface area (Å²) in [6.07, 6.45) is 26.3. The molecule has 68 heavy (non-hydrogen) atoms. The van der Waals surface area contributed by atoms with Gasteiger partial charge in [-0.05, 0) is 143 Å². The second kappa shape index (κ2) is 46.6. The molecule has 3 aliphatic rings. The van der Waals surface area contributed by atoms with Gasteiger partial charge in [-0.15, -0.1) is 0 Å². The van der Waals surface area contributed by atoms with Gasteiger partial charge < -0.3 is 0 Å². The lowest BCUT2D eigenvalue weighted by Gasteiger charge is -2.26. The highest BCUT2D eigenvalue weighted by Crippen LogP contribution is 2.34. The number of benzene rings is 5. The maximum absolute atomic E-state index is 2.39. The fourth-order valence-corrected chi connectivity index (χ4v) is 8.75. The van der Waals surface area contributed by atoms with Crippen molar-refractivity contribution in [3.05, 3.63) is 190 Å². The Bertz CT molecular complexity index is 1760. The van der Waals surface area contributed by atoms with E-state index >= 15 is 0 Å². The summed E-state index contributed by atoms with van der Waals surface area (Å²) in [4.78, 5) is 0. The van der Waals surface area contributed by atoms with Crippen molar-refractivity contribution in [2.24, 2.45) is 11.8 Å². The molecule has 0 heteroatoms. The molecule has 0 saturated heterocycles. The molecule has 0 unspecified atom stereocenters. The van der Waals surface area contributed by atoms with Crippen molar-refractivity contribution in [3.8, 4) is 0 Å². The standard InChI is InChI=1S/C14H20.C14H14.2C13H18.C4H8.5C2H6/c2*1-12-7-9-14(10-8-12)11-13-5-3-2-4-6-13;1-11-7-5-6-10-13(11)12-8-3-2-4-9-12;1-11-7-9-13(10-8-11)12-5-3-2-4-6-12;1-3-4-2;5*1-2/h2-6,12,14H,7-11H2,1H3;2-10H,11H2,1H3;5-7,10,12H,2-4,8-9H2,1H3;7-10,12H,2-6H2,1H3;3-4H,1-2H3;5*1-2H3/b;;;;4-3-;;;;;. The Kier molecular flexibility index (Phi) is 45.1. The molecule has 3 saturated carbocycles. The highest BCUT2D eigenvalue weighted by atomic mass is 14.2. The summed E-state index contributed by atoms with van der Waals surface area (Å²) in [7, 11) is 0. The van der Waals surface area contributed by atoms with Crippen LogP contribution in [-0.2, 0) is 12.8 Å². The van der Waals surface area contributed by atoms with Crippen molar-refractivity contribution in [2.75, 3.05) is 0 Å². The van der Waals surface area contributed by atoms with Crippen molar-refractivity contribution >= 4 is 0 Å². The van der Waals surface area contributed by atoms with E-state index in [2.05, 4.69) is 161 Å². The Morgan fingerprint density at radius 1 is 0.382 bits per heavy atom. The van der Waals surface area contributed by atoms with E-state index in [1.807, 2.05) is 95.2 Å². The fraction of sp³-hybridized carbons (Fsp3) is 0.529. The van der Waals surface area contributed by atoms with Crippen LogP contribution >= 0.6 is 0 Å². The summed E-state index contributed by atoms with van der Waals surface area (Å²) in [6, 6.07) is 48.2. The predicted octanol–water partition coefficient (Wildman–Crippen LogP) is 22.4. The molecule has 380 valence electrons. The Balaban J connectivity index is 0. The molecule has 0 N–H and O–H groups in total. The highest BCUT2D eigenvalue weighted by molar-refractivity contribution is 5.30. The lowest BCUT2D eigenvalue weighted by molar-refractivity contribution is 0.289. The van der Waals surface area contributed by atoms with Gasteiger partial charge in [0.25, 0.3) is 0 Å². The summed E-state index contributed by atoms with van der Waals surface area (Å²) < 4.78 is 0. The first-order valence-electron chi connectivity index (χ1n) is 28.2. The first-order valence-corrected chi connectivity index (χ1v) is 28.2. The zero-order valence-corrected chi connectivity index (χ0v) is 47.5. The van der Waals surface area contributed by atoms with Crippen molar-refractivity contribution in [3.63, 3.8) is 0 Å². The third-order valence-corrected chi connectivity index (χ3v) is 12.6. The Morgan fingerprint density at radius 3 is 1.21 bits per heavy atom. The maximum Gasteiger partial charge on any atom is -0.00258 e. The summed E-state index contributed by atoms with van der Waals surface area (Å²) in [6.45, 7) is 32.9. The number of hydrogen-bond donors (Lipinski definition) is 0. The van der Waals surface area contributed by atoms with Crippen LogP contribution in [0.4, 0.5) is 0 Å². The van der Waals surface area contributed by atoms with Gasteiger partial charge in [0.05, 0.1) is 0 Å². The third kappa shape index (κ3) is 31.1. The zero-order valence-electron chi connectivity index (χ0n) is 47.5. The van der Waals surface area contributed by atoms with Gasteiger partial charge in [-0.2, -0.15) is 0 Å². The normalized spacial score (nSPS) is 15.9. The number of aryl methyl sites for hydroxylation is 3. The minimum Gasteiger partial charge on any atom is -0.0919 e. The van der Waals surface area contributed by atoms with Crippen LogP contribution in [-0.4, -0.2) is 0 Å². The van der Waals surface area contributed by atoms with Crippen molar-refractivity contribution in [2.45, 2.75) is 225 Å². The number of allylic oxidation sites excluding steroid dienone is 2. The molecule has 0 atom stereocenters. The van der Waals surface area contributed by atoms with E-state index in [1.54, 1.807) is 11.1 Å². The van der Waals surface area contributed by atoms with Gasteiger partial charge in [0.15, 0.2) is 0 Å². The van der Waals surface area contributed by atoms with Gasteiger partial charge in [0, 0.05) is 0 Å². The van der Waals surface area contributed by atoms with Crippen LogP contribution in [0.2, 0.25) is 0 Å². The molecular weight excluding hydrogens is 817 g/mol. The molecule has 5 aromatic carbocycles.